The molecule has 0 aliphatic carbocycles. The summed E-state index contributed by atoms with van der Waals surface area (Å²) in [6, 6.07) is -0.0146. The molecule has 10 heavy (non-hydrogen) atoms. The third-order valence-electron chi connectivity index (χ3n) is 0.978. The number of ether oxygens (including phenoxy) is 1. The van der Waals surface area contributed by atoms with Crippen molar-refractivity contribution >= 4 is 0 Å². The number of hydrogen-bond acceptors (Lipinski definition) is 1. The zero-order valence-electron chi connectivity index (χ0n) is 7.14. The summed E-state index contributed by atoms with van der Waals surface area (Å²) in [4.78, 5) is 3.32. The van der Waals surface area contributed by atoms with E-state index in [9.17, 15) is 0 Å². The van der Waals surface area contributed by atoms with Crippen molar-refractivity contribution in [2.24, 2.45) is 0 Å². The van der Waals surface area contributed by atoms with E-state index in [1.165, 1.54) is 0 Å². The van der Waals surface area contributed by atoms with Gasteiger partial charge < -0.3 is 9.58 Å². The summed E-state index contributed by atoms with van der Waals surface area (Å²) in [6.45, 7) is 15.0. The van der Waals surface area contributed by atoms with E-state index in [1.807, 2.05) is 27.7 Å². The van der Waals surface area contributed by atoms with Crippen molar-refractivity contribution in [3.63, 3.8) is 0 Å². The van der Waals surface area contributed by atoms with Gasteiger partial charge in [-0.15, -0.1) is 0 Å². The molecule has 0 N–H and O–H groups in total. The Balaban J connectivity index is 3.48. The highest BCUT2D eigenvalue weighted by atomic mass is 16.5. The quantitative estimate of drug-likeness (QED) is 0.537. The molecule has 0 saturated heterocycles. The molecule has 2 heteroatoms. The first-order chi connectivity index (χ1) is 4.45. The lowest BCUT2D eigenvalue weighted by Crippen LogP contribution is -2.23. The van der Waals surface area contributed by atoms with E-state index in [2.05, 4.69) is 4.85 Å². The van der Waals surface area contributed by atoms with Crippen LogP contribution in [0.25, 0.3) is 4.85 Å². The van der Waals surface area contributed by atoms with Crippen LogP contribution in [-0.2, 0) is 4.74 Å². The van der Waals surface area contributed by atoms with Crippen molar-refractivity contribution < 1.29 is 4.74 Å². The molecule has 0 aliphatic heterocycles. The second-order valence-electron chi connectivity index (χ2n) is 3.40. The Kier molecular flexibility index (Phi) is 3.38. The van der Waals surface area contributed by atoms with E-state index in [1.54, 1.807) is 0 Å². The van der Waals surface area contributed by atoms with Crippen LogP contribution in [0.4, 0.5) is 0 Å². The number of nitrogens with zero attached hydrogens (tertiary/aromatic N) is 1. The van der Waals surface area contributed by atoms with Crippen LogP contribution in [0, 0.1) is 6.57 Å². The normalized spacial score (nSPS) is 14.3. The molecule has 1 atom stereocenters. The van der Waals surface area contributed by atoms with E-state index in [4.69, 9.17) is 11.3 Å². The molecule has 0 bridgehead atoms. The number of hydrogen-bond donors (Lipinski definition) is 0. The van der Waals surface area contributed by atoms with Gasteiger partial charge in [-0.05, 0) is 20.8 Å². The molecule has 0 fully saturated rings. The van der Waals surface area contributed by atoms with Crippen molar-refractivity contribution in [3.8, 4) is 0 Å². The van der Waals surface area contributed by atoms with Crippen LogP contribution in [0.5, 0.6) is 0 Å². The van der Waals surface area contributed by atoms with Crippen molar-refractivity contribution in [1.29, 1.82) is 0 Å². The Bertz CT molecular complexity index is 129. The van der Waals surface area contributed by atoms with Gasteiger partial charge in [-0.25, -0.2) is 6.57 Å². The summed E-state index contributed by atoms with van der Waals surface area (Å²) in [5, 5.41) is 0. The smallest absolute Gasteiger partial charge is 0.243 e. The summed E-state index contributed by atoms with van der Waals surface area (Å²) in [5.74, 6) is 0. The highest BCUT2D eigenvalue weighted by Gasteiger charge is 2.13. The maximum absolute atomic E-state index is 6.66. The Labute approximate surface area is 63.0 Å². The molecule has 0 spiro atoms. The zero-order valence-corrected chi connectivity index (χ0v) is 7.14. The summed E-state index contributed by atoms with van der Waals surface area (Å²) in [6.07, 6.45) is 0. The van der Waals surface area contributed by atoms with Crippen LogP contribution in [-0.4, -0.2) is 18.2 Å². The molecule has 0 amide bonds. The fraction of sp³-hybridized carbons (Fsp3) is 0.875. The Morgan fingerprint density at radius 3 is 2.30 bits per heavy atom. The lowest BCUT2D eigenvalue weighted by Gasteiger charge is -2.18. The van der Waals surface area contributed by atoms with Gasteiger partial charge >= 0.3 is 0 Å². The van der Waals surface area contributed by atoms with Crippen molar-refractivity contribution in [1.82, 2.24) is 0 Å². The average molecular weight is 141 g/mol. The fourth-order valence-corrected chi connectivity index (χ4v) is 0.408. The maximum Gasteiger partial charge on any atom is 0.243 e. The molecule has 0 aromatic rings. The van der Waals surface area contributed by atoms with E-state index >= 15 is 0 Å². The first-order valence-electron chi connectivity index (χ1n) is 3.46. The summed E-state index contributed by atoms with van der Waals surface area (Å²) in [7, 11) is 0. The molecule has 0 heterocycles. The predicted molar refractivity (Wildman–Crippen MR) is 41.8 cm³/mol. The summed E-state index contributed by atoms with van der Waals surface area (Å²) in [5.41, 5.74) is -0.112. The lowest BCUT2D eigenvalue weighted by atomic mass is 10.2. The van der Waals surface area contributed by atoms with E-state index in [0.29, 0.717) is 6.61 Å². The van der Waals surface area contributed by atoms with Crippen molar-refractivity contribution in [3.05, 3.63) is 11.4 Å². The molecule has 58 valence electrons. The van der Waals surface area contributed by atoms with Crippen LogP contribution < -0.4 is 0 Å². The van der Waals surface area contributed by atoms with Crippen molar-refractivity contribution in [2.75, 3.05) is 6.61 Å². The minimum atomic E-state index is -0.112. The van der Waals surface area contributed by atoms with Gasteiger partial charge in [0.05, 0.1) is 5.60 Å². The minimum absolute atomic E-state index is 0.0146. The van der Waals surface area contributed by atoms with Gasteiger partial charge in [0.2, 0.25) is 6.04 Å². The molecule has 0 aromatic heterocycles. The van der Waals surface area contributed by atoms with E-state index < -0.39 is 0 Å². The van der Waals surface area contributed by atoms with Gasteiger partial charge in [-0.1, -0.05) is 0 Å². The van der Waals surface area contributed by atoms with E-state index in [-0.39, 0.29) is 11.6 Å². The van der Waals surface area contributed by atoms with Crippen LogP contribution in [0.3, 0.4) is 0 Å². The van der Waals surface area contributed by atoms with Gasteiger partial charge in [0, 0.05) is 6.92 Å². The molecule has 1 unspecified atom stereocenters. The number of rotatable bonds is 2. The molecule has 0 aromatic carbocycles. The minimum Gasteiger partial charge on any atom is -0.368 e. The highest BCUT2D eigenvalue weighted by molar-refractivity contribution is 4.73. The molecule has 2 nitrogen and oxygen atoms in total. The summed E-state index contributed by atoms with van der Waals surface area (Å²) >= 11 is 0. The largest absolute Gasteiger partial charge is 0.368 e. The molecule has 0 saturated carbocycles. The van der Waals surface area contributed by atoms with Gasteiger partial charge in [-0.3, -0.25) is 0 Å². The molecular formula is C8H15NO. The van der Waals surface area contributed by atoms with E-state index in [0.717, 1.165) is 0 Å². The topological polar surface area (TPSA) is 13.6 Å². The first-order valence-corrected chi connectivity index (χ1v) is 3.46. The standard InChI is InChI=1S/C8H15NO/c1-7(9-5)6-10-8(2,3)4/h7H,6H2,1-4H3. The fourth-order valence-electron chi connectivity index (χ4n) is 0.408. The Morgan fingerprint density at radius 2 is 2.00 bits per heavy atom. The molecule has 0 radical (unpaired) electrons. The predicted octanol–water partition coefficient (Wildman–Crippen LogP) is 2.11. The third kappa shape index (κ3) is 5.58. The second-order valence-corrected chi connectivity index (χ2v) is 3.40. The van der Waals surface area contributed by atoms with Crippen molar-refractivity contribution in [2.45, 2.75) is 39.3 Å². The van der Waals surface area contributed by atoms with Crippen LogP contribution >= 0.6 is 0 Å². The third-order valence-corrected chi connectivity index (χ3v) is 0.978. The van der Waals surface area contributed by atoms with Gasteiger partial charge in [-0.2, -0.15) is 0 Å². The van der Waals surface area contributed by atoms with Crippen LogP contribution in [0.1, 0.15) is 27.7 Å². The average Bonchev–Trinajstić information content (AvgIpc) is 1.81. The Morgan fingerprint density at radius 1 is 1.50 bits per heavy atom. The van der Waals surface area contributed by atoms with Crippen LogP contribution in [0.2, 0.25) is 0 Å². The Hall–Kier alpha value is -0.550. The molecular weight excluding hydrogens is 126 g/mol. The summed E-state index contributed by atoms with van der Waals surface area (Å²) < 4.78 is 5.37. The maximum atomic E-state index is 6.66. The van der Waals surface area contributed by atoms with Gasteiger partial charge in [0.15, 0.2) is 0 Å². The SMILES string of the molecule is [C-]#[N+]C(C)COC(C)(C)C. The lowest BCUT2D eigenvalue weighted by molar-refractivity contribution is -0.00429. The molecule has 0 aliphatic rings. The van der Waals surface area contributed by atoms with Gasteiger partial charge in [0.1, 0.15) is 6.61 Å². The highest BCUT2D eigenvalue weighted by Crippen LogP contribution is 2.07. The monoisotopic (exact) mass is 141 g/mol. The second kappa shape index (κ2) is 3.58. The van der Waals surface area contributed by atoms with Gasteiger partial charge in [0.25, 0.3) is 0 Å². The van der Waals surface area contributed by atoms with Crippen LogP contribution in [0.15, 0.2) is 0 Å². The molecule has 0 rings (SSSR count). The first kappa shape index (κ1) is 9.45. The zero-order chi connectivity index (χ0) is 8.20.